The molecule has 1 aromatic heterocycles. The molecule has 1 aliphatic rings. The van der Waals surface area contributed by atoms with Crippen LogP contribution in [0.5, 0.6) is 0 Å². The smallest absolute Gasteiger partial charge is 0.251 e. The van der Waals surface area contributed by atoms with Gasteiger partial charge in [0.1, 0.15) is 5.82 Å². The Labute approximate surface area is 186 Å². The van der Waals surface area contributed by atoms with E-state index in [2.05, 4.69) is 29.8 Å². The van der Waals surface area contributed by atoms with Crippen molar-refractivity contribution in [3.05, 3.63) is 65.5 Å². The quantitative estimate of drug-likeness (QED) is 0.407. The first-order chi connectivity index (χ1) is 15.5. The molecule has 0 radical (unpaired) electrons. The normalized spacial score (nSPS) is 18.6. The Kier molecular flexibility index (Phi) is 6.53. The van der Waals surface area contributed by atoms with Crippen molar-refractivity contribution >= 4 is 22.8 Å². The standard InChI is InChI=1S/C24H28N4O4/c1-15(2)22-25-20-5-3-4-6-21(20)28(22)13-16-7-9-17(10-8-16)23(29)26-19-11-12-32-14-18(19)24(30)27-31/h3-10,15,18-19,31H,11-14H2,1-2H3,(H,26,29)(H,27,30)/t18-,19-/m1/s1. The number of amides is 2. The average Bonchev–Trinajstić information content (AvgIpc) is 3.18. The lowest BCUT2D eigenvalue weighted by Gasteiger charge is -2.30. The number of ether oxygens (including phenoxy) is 1. The molecular formula is C24H28N4O4. The molecule has 0 unspecified atom stereocenters. The van der Waals surface area contributed by atoms with Crippen LogP contribution in [0.25, 0.3) is 11.0 Å². The molecule has 1 fully saturated rings. The molecule has 3 N–H and O–H groups in total. The van der Waals surface area contributed by atoms with Gasteiger partial charge in [0.2, 0.25) is 0 Å². The molecule has 8 heteroatoms. The molecule has 32 heavy (non-hydrogen) atoms. The van der Waals surface area contributed by atoms with Gasteiger partial charge in [-0.15, -0.1) is 0 Å². The Morgan fingerprint density at radius 2 is 1.94 bits per heavy atom. The Morgan fingerprint density at radius 1 is 1.19 bits per heavy atom. The number of para-hydroxylation sites is 2. The number of benzene rings is 2. The molecule has 0 spiro atoms. The van der Waals surface area contributed by atoms with E-state index in [4.69, 9.17) is 14.9 Å². The van der Waals surface area contributed by atoms with Crippen LogP contribution >= 0.6 is 0 Å². The maximum absolute atomic E-state index is 12.8. The van der Waals surface area contributed by atoms with Gasteiger partial charge in [0.05, 0.1) is 23.6 Å². The number of hydrogen-bond acceptors (Lipinski definition) is 5. The number of imidazole rings is 1. The Bertz CT molecular complexity index is 1110. The summed E-state index contributed by atoms with van der Waals surface area (Å²) in [7, 11) is 0. The second-order valence-electron chi connectivity index (χ2n) is 8.42. The minimum atomic E-state index is -0.624. The van der Waals surface area contributed by atoms with Crippen LogP contribution in [-0.4, -0.2) is 45.8 Å². The molecule has 2 aromatic carbocycles. The van der Waals surface area contributed by atoms with Crippen LogP contribution in [0.1, 0.15) is 47.9 Å². The number of rotatable bonds is 6. The minimum absolute atomic E-state index is 0.160. The van der Waals surface area contributed by atoms with Crippen LogP contribution in [0, 0.1) is 5.92 Å². The van der Waals surface area contributed by atoms with Gasteiger partial charge in [-0.05, 0) is 36.2 Å². The summed E-state index contributed by atoms with van der Waals surface area (Å²) in [6.07, 6.45) is 0.508. The fourth-order valence-corrected chi connectivity index (χ4v) is 4.15. The molecule has 0 bridgehead atoms. The lowest BCUT2D eigenvalue weighted by atomic mass is 9.94. The monoisotopic (exact) mass is 436 g/mol. The number of hydroxylamine groups is 1. The van der Waals surface area contributed by atoms with Crippen LogP contribution in [0.3, 0.4) is 0 Å². The van der Waals surface area contributed by atoms with Gasteiger partial charge >= 0.3 is 0 Å². The van der Waals surface area contributed by atoms with Crippen molar-refractivity contribution in [3.8, 4) is 0 Å². The predicted molar refractivity (Wildman–Crippen MR) is 119 cm³/mol. The molecule has 8 nitrogen and oxygen atoms in total. The molecule has 1 aliphatic heterocycles. The SMILES string of the molecule is CC(C)c1nc2ccccc2n1Cc1ccc(C(=O)N[C@@H]2CCOC[C@H]2C(=O)NO)cc1. The number of fused-ring (bicyclic) bond motifs is 1. The van der Waals surface area contributed by atoms with Crippen molar-refractivity contribution in [1.29, 1.82) is 0 Å². The predicted octanol–water partition coefficient (Wildman–Crippen LogP) is 2.85. The maximum Gasteiger partial charge on any atom is 0.251 e. The van der Waals surface area contributed by atoms with E-state index >= 15 is 0 Å². The fraction of sp³-hybridized carbons (Fsp3) is 0.375. The highest BCUT2D eigenvalue weighted by Gasteiger charge is 2.32. The highest BCUT2D eigenvalue weighted by Crippen LogP contribution is 2.23. The molecule has 2 heterocycles. The van der Waals surface area contributed by atoms with Crippen molar-refractivity contribution in [2.45, 2.75) is 38.8 Å². The topological polar surface area (TPSA) is 105 Å². The third-order valence-corrected chi connectivity index (χ3v) is 5.88. The van der Waals surface area contributed by atoms with Crippen LogP contribution in [0.15, 0.2) is 48.5 Å². The van der Waals surface area contributed by atoms with Crippen molar-refractivity contribution in [1.82, 2.24) is 20.3 Å². The maximum atomic E-state index is 12.8. The van der Waals surface area contributed by atoms with Gasteiger partial charge in [-0.1, -0.05) is 38.1 Å². The van der Waals surface area contributed by atoms with Gasteiger partial charge < -0.3 is 14.6 Å². The van der Waals surface area contributed by atoms with Crippen LogP contribution in [0.2, 0.25) is 0 Å². The van der Waals surface area contributed by atoms with E-state index in [1.54, 1.807) is 17.6 Å². The number of nitrogens with one attached hydrogen (secondary N) is 2. The summed E-state index contributed by atoms with van der Waals surface area (Å²) < 4.78 is 7.53. The zero-order valence-electron chi connectivity index (χ0n) is 18.2. The lowest BCUT2D eigenvalue weighted by molar-refractivity contribution is -0.138. The molecule has 0 saturated carbocycles. The highest BCUT2D eigenvalue weighted by molar-refractivity contribution is 5.95. The molecule has 168 valence electrons. The summed E-state index contributed by atoms with van der Waals surface area (Å²) in [4.78, 5) is 29.4. The Hall–Kier alpha value is -3.23. The minimum Gasteiger partial charge on any atom is -0.380 e. The van der Waals surface area contributed by atoms with Crippen LogP contribution in [0.4, 0.5) is 0 Å². The van der Waals surface area contributed by atoms with Gasteiger partial charge in [0.15, 0.2) is 0 Å². The second-order valence-corrected chi connectivity index (χ2v) is 8.42. The van der Waals surface area contributed by atoms with E-state index in [1.165, 1.54) is 0 Å². The zero-order valence-corrected chi connectivity index (χ0v) is 18.2. The number of aromatic nitrogens is 2. The summed E-state index contributed by atoms with van der Waals surface area (Å²) in [6.45, 7) is 5.54. The van der Waals surface area contributed by atoms with E-state index < -0.39 is 17.9 Å². The summed E-state index contributed by atoms with van der Waals surface area (Å²) in [6, 6.07) is 15.2. The van der Waals surface area contributed by atoms with Crippen molar-refractivity contribution in [2.75, 3.05) is 13.2 Å². The number of carbonyl (C=O) groups excluding carboxylic acids is 2. The van der Waals surface area contributed by atoms with Gasteiger partial charge in [-0.25, -0.2) is 10.5 Å². The molecule has 2 atom stereocenters. The molecule has 3 aromatic rings. The fourth-order valence-electron chi connectivity index (χ4n) is 4.15. The average molecular weight is 437 g/mol. The first kappa shape index (κ1) is 22.0. The van der Waals surface area contributed by atoms with E-state index in [0.29, 0.717) is 25.1 Å². The van der Waals surface area contributed by atoms with Crippen molar-refractivity contribution in [3.63, 3.8) is 0 Å². The number of nitrogens with zero attached hydrogens (tertiary/aromatic N) is 2. The molecule has 4 rings (SSSR count). The van der Waals surface area contributed by atoms with Gasteiger partial charge in [-0.3, -0.25) is 14.8 Å². The third-order valence-electron chi connectivity index (χ3n) is 5.88. The Morgan fingerprint density at radius 3 is 2.66 bits per heavy atom. The van der Waals surface area contributed by atoms with Gasteiger partial charge in [-0.2, -0.15) is 0 Å². The van der Waals surface area contributed by atoms with Crippen LogP contribution in [-0.2, 0) is 16.1 Å². The summed E-state index contributed by atoms with van der Waals surface area (Å²) in [5.74, 6) is -0.119. The Balaban J connectivity index is 1.49. The third kappa shape index (κ3) is 4.51. The molecular weight excluding hydrogens is 408 g/mol. The first-order valence-corrected chi connectivity index (χ1v) is 10.8. The van der Waals surface area contributed by atoms with Gasteiger partial charge in [0, 0.05) is 30.7 Å². The van der Waals surface area contributed by atoms with Crippen molar-refractivity contribution in [2.24, 2.45) is 5.92 Å². The first-order valence-electron chi connectivity index (χ1n) is 10.8. The largest absolute Gasteiger partial charge is 0.380 e. The number of hydrogen-bond donors (Lipinski definition) is 3. The summed E-state index contributed by atoms with van der Waals surface area (Å²) in [5, 5.41) is 11.8. The summed E-state index contributed by atoms with van der Waals surface area (Å²) >= 11 is 0. The van der Waals surface area contributed by atoms with E-state index in [1.807, 2.05) is 30.3 Å². The highest BCUT2D eigenvalue weighted by atomic mass is 16.5. The molecule has 0 aliphatic carbocycles. The van der Waals surface area contributed by atoms with E-state index in [-0.39, 0.29) is 18.4 Å². The zero-order chi connectivity index (χ0) is 22.7. The second kappa shape index (κ2) is 9.50. The lowest BCUT2D eigenvalue weighted by Crippen LogP contribution is -2.51. The van der Waals surface area contributed by atoms with E-state index in [9.17, 15) is 9.59 Å². The van der Waals surface area contributed by atoms with Crippen LogP contribution < -0.4 is 10.8 Å². The molecule has 1 saturated heterocycles. The summed E-state index contributed by atoms with van der Waals surface area (Å²) in [5.41, 5.74) is 5.30. The number of carbonyl (C=O) groups is 2. The molecule has 2 amide bonds. The van der Waals surface area contributed by atoms with Gasteiger partial charge in [0.25, 0.3) is 11.8 Å². The van der Waals surface area contributed by atoms with Crippen molar-refractivity contribution < 1.29 is 19.5 Å². The van der Waals surface area contributed by atoms with E-state index in [0.717, 1.165) is 22.4 Å².